The van der Waals surface area contributed by atoms with Crippen LogP contribution in [0.25, 0.3) is 0 Å². The average Bonchev–Trinajstić information content (AvgIpc) is 2.81. The van der Waals surface area contributed by atoms with E-state index in [1.807, 2.05) is 0 Å². The van der Waals surface area contributed by atoms with Crippen molar-refractivity contribution in [2.75, 3.05) is 25.6 Å². The van der Waals surface area contributed by atoms with Gasteiger partial charge in [0.15, 0.2) is 5.69 Å². The Morgan fingerprint density at radius 3 is 3.19 bits per heavy atom. The van der Waals surface area contributed by atoms with E-state index in [9.17, 15) is 4.79 Å². The van der Waals surface area contributed by atoms with E-state index in [1.165, 1.54) is 13.3 Å². The number of aromatic nitrogens is 2. The zero-order valence-corrected chi connectivity index (χ0v) is 8.97. The van der Waals surface area contributed by atoms with Crippen LogP contribution in [0.2, 0.25) is 0 Å². The fourth-order valence-electron chi connectivity index (χ4n) is 1.50. The number of methoxy groups -OCH3 is 1. The third-order valence-electron chi connectivity index (χ3n) is 2.31. The Labute approximate surface area is 93.0 Å². The minimum atomic E-state index is -0.487. The lowest BCUT2D eigenvalue weighted by atomic mass is 10.2. The Morgan fingerprint density at radius 2 is 2.50 bits per heavy atom. The van der Waals surface area contributed by atoms with Crippen molar-refractivity contribution in [3.63, 3.8) is 0 Å². The summed E-state index contributed by atoms with van der Waals surface area (Å²) in [6.07, 6.45) is 3.89. The molecule has 1 aliphatic rings. The van der Waals surface area contributed by atoms with Gasteiger partial charge in [-0.3, -0.25) is 4.98 Å². The molecule has 6 heteroatoms. The summed E-state index contributed by atoms with van der Waals surface area (Å²) in [5.74, 6) is 0.0808. The molecule has 0 bridgehead atoms. The number of ether oxygens (including phenoxy) is 2. The molecular formula is C10H13N3O3. The van der Waals surface area contributed by atoms with E-state index >= 15 is 0 Å². The molecule has 0 aliphatic carbocycles. The molecule has 1 unspecified atom stereocenters. The molecule has 2 rings (SSSR count). The Morgan fingerprint density at radius 1 is 1.62 bits per heavy atom. The molecule has 1 aromatic rings. The highest BCUT2D eigenvalue weighted by Crippen LogP contribution is 2.11. The second kappa shape index (κ2) is 4.89. The third kappa shape index (κ3) is 2.46. The lowest BCUT2D eigenvalue weighted by Gasteiger charge is -2.10. The van der Waals surface area contributed by atoms with Crippen molar-refractivity contribution in [3.8, 4) is 0 Å². The molecule has 6 nitrogen and oxygen atoms in total. The van der Waals surface area contributed by atoms with Crippen molar-refractivity contribution in [2.24, 2.45) is 0 Å². The molecule has 0 radical (unpaired) electrons. The molecule has 2 heterocycles. The van der Waals surface area contributed by atoms with Gasteiger partial charge in [-0.2, -0.15) is 0 Å². The summed E-state index contributed by atoms with van der Waals surface area (Å²) in [4.78, 5) is 19.3. The lowest BCUT2D eigenvalue weighted by molar-refractivity contribution is 0.0593. The van der Waals surface area contributed by atoms with Crippen LogP contribution in [0.4, 0.5) is 5.82 Å². The number of nitrogens with one attached hydrogen (secondary N) is 1. The summed E-state index contributed by atoms with van der Waals surface area (Å²) in [5, 5.41) is 3.15. The maximum Gasteiger partial charge on any atom is 0.358 e. The van der Waals surface area contributed by atoms with Crippen LogP contribution in [-0.2, 0) is 9.47 Å². The Balaban J connectivity index is 2.06. The fourth-order valence-corrected chi connectivity index (χ4v) is 1.50. The van der Waals surface area contributed by atoms with E-state index in [1.54, 1.807) is 6.20 Å². The van der Waals surface area contributed by atoms with Crippen LogP contribution >= 0.6 is 0 Å². The third-order valence-corrected chi connectivity index (χ3v) is 2.31. The highest BCUT2D eigenvalue weighted by atomic mass is 16.5. The van der Waals surface area contributed by atoms with E-state index in [-0.39, 0.29) is 11.7 Å². The van der Waals surface area contributed by atoms with Crippen LogP contribution in [0, 0.1) is 0 Å². The Hall–Kier alpha value is -1.69. The topological polar surface area (TPSA) is 73.3 Å². The van der Waals surface area contributed by atoms with Crippen molar-refractivity contribution in [1.82, 2.24) is 9.97 Å². The molecule has 1 atom stereocenters. The first kappa shape index (κ1) is 10.8. The quantitative estimate of drug-likeness (QED) is 0.751. The number of hydrogen-bond donors (Lipinski definition) is 1. The van der Waals surface area contributed by atoms with Crippen LogP contribution in [-0.4, -0.2) is 42.3 Å². The van der Waals surface area contributed by atoms with Gasteiger partial charge >= 0.3 is 5.97 Å². The Kier molecular flexibility index (Phi) is 3.31. The normalized spacial score (nSPS) is 19.4. The minimum absolute atomic E-state index is 0.200. The number of anilines is 1. The van der Waals surface area contributed by atoms with E-state index in [0.717, 1.165) is 13.0 Å². The molecular weight excluding hydrogens is 210 g/mol. The summed E-state index contributed by atoms with van der Waals surface area (Å²) < 4.78 is 9.79. The van der Waals surface area contributed by atoms with Crippen LogP contribution in [0.3, 0.4) is 0 Å². The molecule has 0 aromatic carbocycles. The molecule has 16 heavy (non-hydrogen) atoms. The van der Waals surface area contributed by atoms with E-state index in [2.05, 4.69) is 20.0 Å². The predicted molar refractivity (Wildman–Crippen MR) is 56.2 cm³/mol. The highest BCUT2D eigenvalue weighted by molar-refractivity contribution is 5.87. The van der Waals surface area contributed by atoms with Gasteiger partial charge in [-0.15, -0.1) is 0 Å². The molecule has 0 spiro atoms. The first-order chi connectivity index (χ1) is 7.79. The molecule has 86 valence electrons. The van der Waals surface area contributed by atoms with Gasteiger partial charge in [0.2, 0.25) is 0 Å². The predicted octanol–water partition coefficient (Wildman–Crippen LogP) is 0.464. The van der Waals surface area contributed by atoms with Gasteiger partial charge in [-0.05, 0) is 6.42 Å². The number of carbonyl (C=O) groups is 1. The van der Waals surface area contributed by atoms with Crippen LogP contribution in [0.5, 0.6) is 0 Å². The average molecular weight is 223 g/mol. The first-order valence-electron chi connectivity index (χ1n) is 5.04. The largest absolute Gasteiger partial charge is 0.464 e. The summed E-state index contributed by atoms with van der Waals surface area (Å²) in [6, 6.07) is 0.238. The monoisotopic (exact) mass is 223 g/mol. The zero-order chi connectivity index (χ0) is 11.4. The maximum atomic E-state index is 11.2. The standard InChI is InChI=1S/C10H13N3O3/c1-15-10(14)8-4-11-5-9(13-8)12-7-2-3-16-6-7/h4-5,7H,2-3,6H2,1H3,(H,12,13). The van der Waals surface area contributed by atoms with Crippen molar-refractivity contribution < 1.29 is 14.3 Å². The van der Waals surface area contributed by atoms with E-state index < -0.39 is 5.97 Å². The molecule has 1 aromatic heterocycles. The number of esters is 1. The Bertz CT molecular complexity index is 377. The van der Waals surface area contributed by atoms with Crippen LogP contribution in [0.1, 0.15) is 16.9 Å². The maximum absolute atomic E-state index is 11.2. The van der Waals surface area contributed by atoms with Gasteiger partial charge in [0, 0.05) is 6.61 Å². The van der Waals surface area contributed by atoms with Crippen molar-refractivity contribution in [2.45, 2.75) is 12.5 Å². The summed E-state index contributed by atoms with van der Waals surface area (Å²) in [7, 11) is 1.31. The number of carbonyl (C=O) groups excluding carboxylic acids is 1. The van der Waals surface area contributed by atoms with E-state index in [0.29, 0.717) is 12.4 Å². The molecule has 1 aliphatic heterocycles. The fraction of sp³-hybridized carbons (Fsp3) is 0.500. The van der Waals surface area contributed by atoms with Gasteiger partial charge < -0.3 is 14.8 Å². The van der Waals surface area contributed by atoms with Gasteiger partial charge in [0.25, 0.3) is 0 Å². The summed E-state index contributed by atoms with van der Waals surface area (Å²) in [5.41, 5.74) is 0.200. The van der Waals surface area contributed by atoms with E-state index in [4.69, 9.17) is 4.74 Å². The summed E-state index contributed by atoms with van der Waals surface area (Å²) in [6.45, 7) is 1.41. The van der Waals surface area contributed by atoms with Gasteiger partial charge in [0.1, 0.15) is 5.82 Å². The second-order valence-electron chi connectivity index (χ2n) is 3.49. The first-order valence-corrected chi connectivity index (χ1v) is 5.04. The molecule has 0 amide bonds. The van der Waals surface area contributed by atoms with Gasteiger partial charge in [-0.25, -0.2) is 9.78 Å². The van der Waals surface area contributed by atoms with Crippen molar-refractivity contribution in [1.29, 1.82) is 0 Å². The van der Waals surface area contributed by atoms with Crippen molar-refractivity contribution >= 4 is 11.8 Å². The number of nitrogens with zero attached hydrogens (tertiary/aromatic N) is 2. The molecule has 0 saturated carbocycles. The number of hydrogen-bond acceptors (Lipinski definition) is 6. The zero-order valence-electron chi connectivity index (χ0n) is 8.97. The second-order valence-corrected chi connectivity index (χ2v) is 3.49. The smallest absolute Gasteiger partial charge is 0.358 e. The van der Waals surface area contributed by atoms with Crippen LogP contribution < -0.4 is 5.32 Å². The molecule has 1 N–H and O–H groups in total. The minimum Gasteiger partial charge on any atom is -0.464 e. The lowest BCUT2D eigenvalue weighted by Crippen LogP contribution is -2.20. The number of rotatable bonds is 3. The van der Waals surface area contributed by atoms with Crippen molar-refractivity contribution in [3.05, 3.63) is 18.1 Å². The molecule has 1 fully saturated rings. The van der Waals surface area contributed by atoms with Gasteiger partial charge in [0.05, 0.1) is 32.2 Å². The SMILES string of the molecule is COC(=O)c1cncc(NC2CCOC2)n1. The molecule has 1 saturated heterocycles. The van der Waals surface area contributed by atoms with Gasteiger partial charge in [-0.1, -0.05) is 0 Å². The van der Waals surface area contributed by atoms with Crippen LogP contribution in [0.15, 0.2) is 12.4 Å². The highest BCUT2D eigenvalue weighted by Gasteiger charge is 2.16. The summed E-state index contributed by atoms with van der Waals surface area (Å²) >= 11 is 0.